The van der Waals surface area contributed by atoms with Crippen LogP contribution in [0, 0.1) is 12.7 Å². The molecule has 3 N–H and O–H groups in total. The Morgan fingerprint density at radius 1 is 1.13 bits per heavy atom. The average molecular weight is 516 g/mol. The van der Waals surface area contributed by atoms with E-state index in [0.29, 0.717) is 29.1 Å². The van der Waals surface area contributed by atoms with Crippen molar-refractivity contribution < 1.29 is 14.3 Å². The maximum atomic E-state index is 14.1. The Balaban J connectivity index is 1.51. The zero-order valence-corrected chi connectivity index (χ0v) is 21.7. The molecule has 0 radical (unpaired) electrons. The Morgan fingerprint density at radius 3 is 2.58 bits per heavy atom. The summed E-state index contributed by atoms with van der Waals surface area (Å²) >= 11 is 0. The molecule has 0 aliphatic heterocycles. The topological polar surface area (TPSA) is 101 Å². The third kappa shape index (κ3) is 4.61. The van der Waals surface area contributed by atoms with Gasteiger partial charge in [-0.05, 0) is 60.2 Å². The van der Waals surface area contributed by atoms with Crippen molar-refractivity contribution >= 4 is 11.8 Å². The van der Waals surface area contributed by atoms with Gasteiger partial charge in [0.25, 0.3) is 0 Å². The van der Waals surface area contributed by atoms with E-state index in [4.69, 9.17) is 5.10 Å². The Hall–Kier alpha value is -4.24. The minimum atomic E-state index is -0.852. The number of pyridine rings is 1. The van der Waals surface area contributed by atoms with Crippen LogP contribution in [-0.2, 0) is 12.5 Å². The molecule has 0 spiro atoms. The first-order chi connectivity index (χ1) is 18.0. The molecule has 2 amide bonds. The van der Waals surface area contributed by atoms with E-state index in [1.54, 1.807) is 30.1 Å². The molecule has 1 aliphatic rings. The standard InChI is InChI=1S/C29H30FN5O3/c1-17-25(18-10-13-24(37)34(4)16-18)33-35(20-8-6-5-7-9-20)27(17)32-28(38)31-26-21-12-11-19(30)14-22(21)29(2,3)15-23(26)36/h5-14,16,23,26,36H,15H2,1-4H3,(H2,31,32,38)/t23-,26-/m1/s1. The molecule has 8 nitrogen and oxygen atoms in total. The van der Waals surface area contributed by atoms with Gasteiger partial charge in [-0.15, -0.1) is 0 Å². The molecule has 2 atom stereocenters. The number of aryl methyl sites for hydroxylation is 1. The van der Waals surface area contributed by atoms with Gasteiger partial charge in [0.15, 0.2) is 0 Å². The Kier molecular flexibility index (Phi) is 6.40. The van der Waals surface area contributed by atoms with Crippen LogP contribution < -0.4 is 16.2 Å². The molecule has 0 saturated carbocycles. The summed E-state index contributed by atoms with van der Waals surface area (Å²) in [6.07, 6.45) is 1.22. The van der Waals surface area contributed by atoms with Gasteiger partial charge in [0, 0.05) is 30.4 Å². The third-order valence-corrected chi connectivity index (χ3v) is 7.18. The Labute approximate surface area is 219 Å². The number of hydrogen-bond acceptors (Lipinski definition) is 4. The SMILES string of the molecule is Cc1c(-c2ccc(=O)n(C)c2)nn(-c2ccccc2)c1NC(=O)N[C@@H]1c2ccc(F)cc2C(C)(C)C[C@H]1O. The Morgan fingerprint density at radius 2 is 1.87 bits per heavy atom. The molecule has 5 rings (SSSR count). The quantitative estimate of drug-likeness (QED) is 0.370. The molecule has 2 aromatic carbocycles. The van der Waals surface area contributed by atoms with Crippen LogP contribution in [0.3, 0.4) is 0 Å². The van der Waals surface area contributed by atoms with Crippen molar-refractivity contribution in [3.05, 3.63) is 99.7 Å². The fourth-order valence-electron chi connectivity index (χ4n) is 5.21. The van der Waals surface area contributed by atoms with Crippen molar-refractivity contribution in [3.63, 3.8) is 0 Å². The van der Waals surface area contributed by atoms with Gasteiger partial charge in [0.2, 0.25) is 5.56 Å². The fourth-order valence-corrected chi connectivity index (χ4v) is 5.21. The monoisotopic (exact) mass is 515 g/mol. The summed E-state index contributed by atoms with van der Waals surface area (Å²) < 4.78 is 17.2. The number of amides is 2. The number of urea groups is 1. The van der Waals surface area contributed by atoms with E-state index in [1.165, 1.54) is 22.8 Å². The lowest BCUT2D eigenvalue weighted by atomic mass is 9.69. The minimum Gasteiger partial charge on any atom is -0.391 e. The number of aromatic nitrogens is 3. The van der Waals surface area contributed by atoms with E-state index >= 15 is 0 Å². The van der Waals surface area contributed by atoms with Gasteiger partial charge in [0.1, 0.15) is 11.6 Å². The van der Waals surface area contributed by atoms with E-state index in [1.807, 2.05) is 51.1 Å². The number of halogens is 1. The molecule has 0 fully saturated rings. The maximum absolute atomic E-state index is 14.1. The summed E-state index contributed by atoms with van der Waals surface area (Å²) in [5, 5.41) is 21.5. The molecule has 0 unspecified atom stereocenters. The average Bonchev–Trinajstić information content (AvgIpc) is 3.19. The zero-order chi connectivity index (χ0) is 27.2. The lowest BCUT2D eigenvalue weighted by Gasteiger charge is -2.40. The van der Waals surface area contributed by atoms with Crippen LogP contribution in [0.2, 0.25) is 0 Å². The predicted octanol–water partition coefficient (Wildman–Crippen LogP) is 4.59. The van der Waals surface area contributed by atoms with Crippen LogP contribution in [0.4, 0.5) is 15.0 Å². The van der Waals surface area contributed by atoms with Gasteiger partial charge < -0.3 is 15.0 Å². The number of anilines is 1. The predicted molar refractivity (Wildman–Crippen MR) is 144 cm³/mol. The molecule has 9 heteroatoms. The first-order valence-corrected chi connectivity index (χ1v) is 12.4. The summed E-state index contributed by atoms with van der Waals surface area (Å²) in [6.45, 7) is 5.75. The number of carbonyl (C=O) groups is 1. The molecule has 4 aromatic rings. The number of nitrogens with one attached hydrogen (secondary N) is 2. The van der Waals surface area contributed by atoms with Crippen LogP contribution in [0.1, 0.15) is 43.0 Å². The van der Waals surface area contributed by atoms with Crippen molar-refractivity contribution in [3.8, 4) is 16.9 Å². The molecule has 2 heterocycles. The fraction of sp³-hybridized carbons (Fsp3) is 0.276. The first-order valence-electron chi connectivity index (χ1n) is 12.4. The van der Waals surface area contributed by atoms with Crippen LogP contribution in [0.5, 0.6) is 0 Å². The van der Waals surface area contributed by atoms with E-state index < -0.39 is 23.6 Å². The number of hydrogen-bond donors (Lipinski definition) is 3. The highest BCUT2D eigenvalue weighted by Gasteiger charge is 2.39. The van der Waals surface area contributed by atoms with Crippen LogP contribution in [0.25, 0.3) is 16.9 Å². The minimum absolute atomic E-state index is 0.138. The Bertz CT molecular complexity index is 1580. The van der Waals surface area contributed by atoms with E-state index in [9.17, 15) is 19.1 Å². The third-order valence-electron chi connectivity index (χ3n) is 7.18. The van der Waals surface area contributed by atoms with Gasteiger partial charge >= 0.3 is 6.03 Å². The van der Waals surface area contributed by atoms with E-state index in [-0.39, 0.29) is 11.4 Å². The van der Waals surface area contributed by atoms with Gasteiger partial charge in [-0.3, -0.25) is 10.1 Å². The second-order valence-corrected chi connectivity index (χ2v) is 10.4. The summed E-state index contributed by atoms with van der Waals surface area (Å²) in [6, 6.07) is 15.7. The van der Waals surface area contributed by atoms with Gasteiger partial charge in [-0.2, -0.15) is 5.10 Å². The summed E-state index contributed by atoms with van der Waals surface area (Å²) in [5.74, 6) is 0.0901. The molecule has 1 aliphatic carbocycles. The lowest BCUT2D eigenvalue weighted by Crippen LogP contribution is -2.45. The van der Waals surface area contributed by atoms with Crippen molar-refractivity contribution in [2.75, 3.05) is 5.32 Å². The molecule has 196 valence electrons. The number of aliphatic hydroxyl groups excluding tert-OH is 1. The summed E-state index contributed by atoms with van der Waals surface area (Å²) in [7, 11) is 1.67. The molecule has 0 saturated heterocycles. The van der Waals surface area contributed by atoms with Crippen molar-refractivity contribution in [1.29, 1.82) is 0 Å². The van der Waals surface area contributed by atoms with E-state index in [2.05, 4.69) is 10.6 Å². The van der Waals surface area contributed by atoms with E-state index in [0.717, 1.165) is 16.8 Å². The molecular weight excluding hydrogens is 485 g/mol. The normalized spacial score (nSPS) is 18.1. The highest BCUT2D eigenvalue weighted by atomic mass is 19.1. The van der Waals surface area contributed by atoms with Gasteiger partial charge in [-0.25, -0.2) is 13.9 Å². The number of fused-ring (bicyclic) bond motifs is 1. The number of para-hydroxylation sites is 1. The number of rotatable bonds is 4. The maximum Gasteiger partial charge on any atom is 0.320 e. The summed E-state index contributed by atoms with van der Waals surface area (Å²) in [4.78, 5) is 25.3. The largest absolute Gasteiger partial charge is 0.391 e. The van der Waals surface area contributed by atoms with Crippen LogP contribution >= 0.6 is 0 Å². The second kappa shape index (κ2) is 9.57. The number of carbonyl (C=O) groups excluding carboxylic acids is 1. The first kappa shape index (κ1) is 25.4. The molecule has 38 heavy (non-hydrogen) atoms. The molecule has 2 aromatic heterocycles. The molecular formula is C29H30FN5O3. The smallest absolute Gasteiger partial charge is 0.320 e. The van der Waals surface area contributed by atoms with Gasteiger partial charge in [-0.1, -0.05) is 38.1 Å². The van der Waals surface area contributed by atoms with Crippen LogP contribution in [-0.4, -0.2) is 31.6 Å². The van der Waals surface area contributed by atoms with Crippen molar-refractivity contribution in [1.82, 2.24) is 19.7 Å². The van der Waals surface area contributed by atoms with Gasteiger partial charge in [0.05, 0.1) is 23.5 Å². The second-order valence-electron chi connectivity index (χ2n) is 10.4. The number of nitrogens with zero attached hydrogens (tertiary/aromatic N) is 3. The highest BCUT2D eigenvalue weighted by Crippen LogP contribution is 2.42. The lowest BCUT2D eigenvalue weighted by molar-refractivity contribution is 0.0881. The zero-order valence-electron chi connectivity index (χ0n) is 21.7. The van der Waals surface area contributed by atoms with Crippen LogP contribution in [0.15, 0.2) is 71.7 Å². The van der Waals surface area contributed by atoms with Crippen molar-refractivity contribution in [2.45, 2.75) is 44.8 Å². The molecule has 0 bridgehead atoms. The number of aliphatic hydroxyl groups is 1. The summed E-state index contributed by atoms with van der Waals surface area (Å²) in [5.41, 5.74) is 3.64. The van der Waals surface area contributed by atoms with Crippen molar-refractivity contribution in [2.24, 2.45) is 7.05 Å². The highest BCUT2D eigenvalue weighted by molar-refractivity contribution is 5.91. The number of benzene rings is 2.